The fraction of sp³-hybridized carbons (Fsp3) is 0.364. The average molecular weight is 320 g/mol. The lowest BCUT2D eigenvalue weighted by atomic mass is 10.2. The third-order valence-electron chi connectivity index (χ3n) is 2.24. The van der Waals surface area contributed by atoms with Gasteiger partial charge in [-0.3, -0.25) is 4.99 Å². The number of nitrogens with zero attached hydrogens (tertiary/aromatic N) is 1. The van der Waals surface area contributed by atoms with Gasteiger partial charge in [-0.05, 0) is 34.0 Å². The Morgan fingerprint density at radius 2 is 2.38 bits per heavy atom. The molecule has 1 aliphatic rings. The molecule has 0 aliphatic carbocycles. The highest BCUT2D eigenvalue weighted by atomic mass is 79.9. The van der Waals surface area contributed by atoms with Crippen LogP contribution >= 0.6 is 39.3 Å². The monoisotopic (exact) mass is 318 g/mol. The van der Waals surface area contributed by atoms with Crippen LogP contribution in [0.2, 0.25) is 5.02 Å². The van der Waals surface area contributed by atoms with Crippen LogP contribution in [-0.2, 0) is 0 Å². The van der Waals surface area contributed by atoms with Crippen molar-refractivity contribution in [3.63, 3.8) is 0 Å². The van der Waals surface area contributed by atoms with Crippen molar-refractivity contribution in [2.75, 3.05) is 17.6 Å². The summed E-state index contributed by atoms with van der Waals surface area (Å²) in [5, 5.41) is 4.97. The number of benzene rings is 1. The average Bonchev–Trinajstić information content (AvgIpc) is 2.28. The van der Waals surface area contributed by atoms with Crippen LogP contribution < -0.4 is 5.32 Å². The van der Waals surface area contributed by atoms with Crippen LogP contribution in [0.5, 0.6) is 0 Å². The van der Waals surface area contributed by atoms with E-state index in [4.69, 9.17) is 11.6 Å². The first-order chi connectivity index (χ1) is 7.66. The minimum atomic E-state index is 0.665. The van der Waals surface area contributed by atoms with Gasteiger partial charge in [-0.1, -0.05) is 36.4 Å². The first kappa shape index (κ1) is 12.3. The van der Waals surface area contributed by atoms with Gasteiger partial charge in [0.1, 0.15) is 0 Å². The Balaban J connectivity index is 2.12. The largest absolute Gasteiger partial charge is 0.334 e. The third kappa shape index (κ3) is 2.93. The molecule has 0 amide bonds. The van der Waals surface area contributed by atoms with Gasteiger partial charge in [0.15, 0.2) is 5.17 Å². The molecule has 0 saturated carbocycles. The molecule has 1 N–H and O–H groups in total. The zero-order valence-electron chi connectivity index (χ0n) is 8.84. The van der Waals surface area contributed by atoms with E-state index in [2.05, 4.69) is 33.2 Å². The van der Waals surface area contributed by atoms with Crippen LogP contribution in [0.25, 0.3) is 0 Å². The summed E-state index contributed by atoms with van der Waals surface area (Å²) < 4.78 is 0.888. The van der Waals surface area contributed by atoms with Gasteiger partial charge < -0.3 is 5.32 Å². The molecule has 1 aromatic carbocycles. The third-order valence-corrected chi connectivity index (χ3v) is 4.88. The van der Waals surface area contributed by atoms with Gasteiger partial charge in [-0.2, -0.15) is 0 Å². The lowest BCUT2D eigenvalue weighted by Gasteiger charge is -2.18. The Morgan fingerprint density at radius 1 is 1.56 bits per heavy atom. The van der Waals surface area contributed by atoms with Gasteiger partial charge in [-0.15, -0.1) is 0 Å². The molecule has 1 aliphatic heterocycles. The summed E-state index contributed by atoms with van der Waals surface area (Å²) in [6.45, 7) is 3.11. The van der Waals surface area contributed by atoms with E-state index >= 15 is 0 Å². The van der Waals surface area contributed by atoms with E-state index in [1.165, 1.54) is 0 Å². The van der Waals surface area contributed by atoms with Crippen molar-refractivity contribution < 1.29 is 0 Å². The first-order valence-electron chi connectivity index (χ1n) is 5.05. The molecular formula is C11H12BrClN2S. The van der Waals surface area contributed by atoms with Gasteiger partial charge in [0.05, 0.1) is 15.2 Å². The van der Waals surface area contributed by atoms with E-state index in [0.717, 1.165) is 27.6 Å². The fourth-order valence-corrected chi connectivity index (χ4v) is 2.78. The highest BCUT2D eigenvalue weighted by molar-refractivity contribution is 9.10. The molecule has 1 aromatic rings. The van der Waals surface area contributed by atoms with Crippen LogP contribution in [0, 0.1) is 5.92 Å². The van der Waals surface area contributed by atoms with Crippen molar-refractivity contribution in [2.24, 2.45) is 10.9 Å². The Labute approximate surface area is 113 Å². The van der Waals surface area contributed by atoms with Crippen molar-refractivity contribution in [2.45, 2.75) is 6.92 Å². The summed E-state index contributed by atoms with van der Waals surface area (Å²) in [4.78, 5) is 4.48. The van der Waals surface area contributed by atoms with E-state index in [1.54, 1.807) is 11.8 Å². The van der Waals surface area contributed by atoms with Gasteiger partial charge in [0.25, 0.3) is 0 Å². The lowest BCUT2D eigenvalue weighted by molar-refractivity contribution is 0.674. The molecule has 1 unspecified atom stereocenters. The lowest BCUT2D eigenvalue weighted by Crippen LogP contribution is -2.18. The second kappa shape index (κ2) is 5.43. The first-order valence-corrected chi connectivity index (χ1v) is 7.21. The topological polar surface area (TPSA) is 24.4 Å². The van der Waals surface area contributed by atoms with Crippen LogP contribution in [0.4, 0.5) is 5.69 Å². The molecule has 0 saturated heterocycles. The van der Waals surface area contributed by atoms with Gasteiger partial charge >= 0.3 is 0 Å². The number of anilines is 1. The molecule has 0 aromatic heterocycles. The summed E-state index contributed by atoms with van der Waals surface area (Å²) in [6.07, 6.45) is 0. The standard InChI is InChI=1S/C11H12BrClN2S/c1-7-5-14-11(16-6-7)15-9-4-2-3-8(13)10(9)12/h2-4,7H,5-6H2,1H3,(H,14,15). The number of nitrogens with one attached hydrogen (secondary N) is 1. The Hall–Kier alpha value is -0.190. The second-order valence-electron chi connectivity index (χ2n) is 3.79. The highest BCUT2D eigenvalue weighted by Gasteiger charge is 2.13. The van der Waals surface area contributed by atoms with Crippen LogP contribution in [0.15, 0.2) is 27.7 Å². The van der Waals surface area contributed by atoms with E-state index in [0.29, 0.717) is 10.9 Å². The molecule has 1 atom stereocenters. The normalized spacial score (nSPS) is 20.4. The Kier molecular flexibility index (Phi) is 4.16. The quantitative estimate of drug-likeness (QED) is 0.836. The number of hydrogen-bond acceptors (Lipinski definition) is 3. The van der Waals surface area contributed by atoms with E-state index < -0.39 is 0 Å². The smallest absolute Gasteiger partial charge is 0.161 e. The van der Waals surface area contributed by atoms with E-state index in [9.17, 15) is 0 Å². The van der Waals surface area contributed by atoms with Crippen LogP contribution in [-0.4, -0.2) is 17.5 Å². The van der Waals surface area contributed by atoms with Crippen molar-refractivity contribution in [3.8, 4) is 0 Å². The maximum atomic E-state index is 6.02. The minimum Gasteiger partial charge on any atom is -0.334 e. The maximum Gasteiger partial charge on any atom is 0.161 e. The molecule has 0 bridgehead atoms. The molecule has 0 fully saturated rings. The van der Waals surface area contributed by atoms with Crippen molar-refractivity contribution in [1.82, 2.24) is 0 Å². The second-order valence-corrected chi connectivity index (χ2v) is 6.00. The molecule has 2 nitrogen and oxygen atoms in total. The minimum absolute atomic E-state index is 0.665. The van der Waals surface area contributed by atoms with Crippen molar-refractivity contribution in [1.29, 1.82) is 0 Å². The summed E-state index contributed by atoms with van der Waals surface area (Å²) in [5.41, 5.74) is 0.966. The van der Waals surface area contributed by atoms with Gasteiger partial charge in [0, 0.05) is 12.3 Å². The summed E-state index contributed by atoms with van der Waals surface area (Å²) in [6, 6.07) is 5.76. The Morgan fingerprint density at radius 3 is 3.06 bits per heavy atom. The predicted molar refractivity (Wildman–Crippen MR) is 76.7 cm³/mol. The SMILES string of the molecule is CC1CN=C(Nc2cccc(Cl)c2Br)SC1. The number of rotatable bonds is 1. The summed E-state index contributed by atoms with van der Waals surface area (Å²) >= 11 is 11.2. The summed E-state index contributed by atoms with van der Waals surface area (Å²) in [5.74, 6) is 1.78. The predicted octanol–water partition coefficient (Wildman–Crippen LogP) is 4.25. The number of hydrogen-bond donors (Lipinski definition) is 1. The zero-order chi connectivity index (χ0) is 11.5. The molecule has 1 heterocycles. The molecule has 5 heteroatoms. The van der Waals surface area contributed by atoms with E-state index in [1.807, 2.05) is 18.2 Å². The van der Waals surface area contributed by atoms with Gasteiger partial charge in [-0.25, -0.2) is 0 Å². The maximum absolute atomic E-state index is 6.02. The number of amidine groups is 1. The number of aliphatic imine (C=N–C) groups is 1. The van der Waals surface area contributed by atoms with Gasteiger partial charge in [0.2, 0.25) is 0 Å². The number of thioether (sulfide) groups is 1. The molecule has 86 valence electrons. The van der Waals surface area contributed by atoms with Crippen molar-refractivity contribution in [3.05, 3.63) is 27.7 Å². The molecule has 0 radical (unpaired) electrons. The fourth-order valence-electron chi connectivity index (χ4n) is 1.35. The Bertz CT molecular complexity index is 422. The van der Waals surface area contributed by atoms with Crippen LogP contribution in [0.1, 0.15) is 6.92 Å². The molecular weight excluding hydrogens is 308 g/mol. The van der Waals surface area contributed by atoms with E-state index in [-0.39, 0.29) is 0 Å². The zero-order valence-corrected chi connectivity index (χ0v) is 12.0. The number of halogens is 2. The molecule has 16 heavy (non-hydrogen) atoms. The van der Waals surface area contributed by atoms with Crippen LogP contribution in [0.3, 0.4) is 0 Å². The van der Waals surface area contributed by atoms with Crippen molar-refractivity contribution >= 4 is 50.1 Å². The highest BCUT2D eigenvalue weighted by Crippen LogP contribution is 2.31. The summed E-state index contributed by atoms with van der Waals surface area (Å²) in [7, 11) is 0. The molecule has 0 spiro atoms. The molecule has 2 rings (SSSR count).